The van der Waals surface area contributed by atoms with Gasteiger partial charge in [0, 0.05) is 9.52 Å². The lowest BCUT2D eigenvalue weighted by Crippen LogP contribution is -2.18. The Bertz CT molecular complexity index is 74.6. The van der Waals surface area contributed by atoms with Gasteiger partial charge >= 0.3 is 0 Å². The fourth-order valence-electron chi connectivity index (χ4n) is 0.933. The van der Waals surface area contributed by atoms with Gasteiger partial charge in [-0.2, -0.15) is 0 Å². The largest absolute Gasteiger partial charge is 0.0683 e. The third-order valence-electron chi connectivity index (χ3n) is 2.46. The van der Waals surface area contributed by atoms with E-state index in [0.29, 0.717) is 5.04 Å². The van der Waals surface area contributed by atoms with Gasteiger partial charge in [-0.15, -0.1) is 0 Å². The molecule has 0 spiro atoms. The van der Waals surface area contributed by atoms with E-state index < -0.39 is 0 Å². The predicted octanol–water partition coefficient (Wildman–Crippen LogP) is 2.45. The van der Waals surface area contributed by atoms with Crippen LogP contribution in [-0.4, -0.2) is 9.52 Å². The van der Waals surface area contributed by atoms with Gasteiger partial charge in [0.25, 0.3) is 0 Å². The third kappa shape index (κ3) is 3.04. The Balaban J connectivity index is 3.70. The molecule has 0 aromatic rings. The van der Waals surface area contributed by atoms with Crippen molar-refractivity contribution in [3.05, 3.63) is 0 Å². The molecule has 0 heterocycles. The van der Waals surface area contributed by atoms with Gasteiger partial charge in [0.2, 0.25) is 0 Å². The first-order chi connectivity index (χ1) is 4.00. The van der Waals surface area contributed by atoms with Gasteiger partial charge in [-0.3, -0.25) is 0 Å². The normalized spacial score (nSPS) is 14.0. The molecule has 0 rings (SSSR count). The summed E-state index contributed by atoms with van der Waals surface area (Å²) in [5.41, 5.74) is 0. The zero-order valence-electron chi connectivity index (χ0n) is 7.49. The van der Waals surface area contributed by atoms with Gasteiger partial charge in [-0.1, -0.05) is 40.7 Å². The Hall–Kier alpha value is 0.217. The van der Waals surface area contributed by atoms with Crippen molar-refractivity contribution in [2.24, 2.45) is 5.92 Å². The lowest BCUT2D eigenvalue weighted by atomic mass is 9.99. The van der Waals surface area contributed by atoms with E-state index in [1.807, 2.05) is 0 Å². The lowest BCUT2D eigenvalue weighted by Gasteiger charge is -2.28. The molecule has 1 heteroatoms. The molecule has 0 saturated carbocycles. The first-order valence-electron chi connectivity index (χ1n) is 4.00. The standard InChI is InChI=1S/C8H20Si/c1-6-9-8(4,5)7(2)3/h7H,6,9H2,1-5H3. The molecule has 56 valence electrons. The van der Waals surface area contributed by atoms with Crippen LogP contribution >= 0.6 is 0 Å². The van der Waals surface area contributed by atoms with Crippen LogP contribution in [0, 0.1) is 5.92 Å². The van der Waals surface area contributed by atoms with Crippen LogP contribution in [0.3, 0.4) is 0 Å². The van der Waals surface area contributed by atoms with Crippen LogP contribution in [0.25, 0.3) is 0 Å². The minimum absolute atomic E-state index is 0.202. The van der Waals surface area contributed by atoms with Crippen LogP contribution in [-0.2, 0) is 0 Å². The van der Waals surface area contributed by atoms with Gasteiger partial charge in [0.15, 0.2) is 0 Å². The van der Waals surface area contributed by atoms with E-state index in [1.165, 1.54) is 6.04 Å². The summed E-state index contributed by atoms with van der Waals surface area (Å²) in [5, 5.41) is 0.689. The van der Waals surface area contributed by atoms with Crippen molar-refractivity contribution < 1.29 is 0 Å². The maximum atomic E-state index is 2.41. The molecule has 0 bridgehead atoms. The van der Waals surface area contributed by atoms with Gasteiger partial charge in [-0.05, 0) is 11.0 Å². The molecular formula is C8H20Si. The van der Waals surface area contributed by atoms with Crippen molar-refractivity contribution in [1.29, 1.82) is 0 Å². The van der Waals surface area contributed by atoms with E-state index in [1.54, 1.807) is 0 Å². The summed E-state index contributed by atoms with van der Waals surface area (Å²) < 4.78 is 0. The van der Waals surface area contributed by atoms with Gasteiger partial charge in [-0.25, -0.2) is 0 Å². The Morgan fingerprint density at radius 1 is 1.33 bits per heavy atom. The summed E-state index contributed by atoms with van der Waals surface area (Å²) in [6, 6.07) is 1.45. The van der Waals surface area contributed by atoms with Crippen LogP contribution in [0.4, 0.5) is 0 Å². The Kier molecular flexibility index (Phi) is 3.48. The highest BCUT2D eigenvalue weighted by molar-refractivity contribution is 6.39. The van der Waals surface area contributed by atoms with Gasteiger partial charge in [0.05, 0.1) is 0 Å². The minimum atomic E-state index is 0.202. The molecule has 9 heavy (non-hydrogen) atoms. The highest BCUT2D eigenvalue weighted by Crippen LogP contribution is 2.33. The van der Waals surface area contributed by atoms with Gasteiger partial charge in [0.1, 0.15) is 0 Å². The Morgan fingerprint density at radius 3 is 1.89 bits per heavy atom. The second-order valence-electron chi connectivity index (χ2n) is 3.89. The average molecular weight is 144 g/mol. The molecule has 0 unspecified atom stereocenters. The first-order valence-corrected chi connectivity index (χ1v) is 5.71. The molecule has 0 aromatic heterocycles. The molecule has 0 radical (unpaired) electrons. The maximum Gasteiger partial charge on any atom is 0.0264 e. The van der Waals surface area contributed by atoms with Crippen molar-refractivity contribution in [3.8, 4) is 0 Å². The zero-order chi connectivity index (χ0) is 7.49. The molecule has 0 atom stereocenters. The summed E-state index contributed by atoms with van der Waals surface area (Å²) >= 11 is 0. The molecular weight excluding hydrogens is 124 g/mol. The molecule has 0 aromatic carbocycles. The second-order valence-corrected chi connectivity index (χ2v) is 7.22. The van der Waals surface area contributed by atoms with Crippen molar-refractivity contribution >= 4 is 9.52 Å². The predicted molar refractivity (Wildman–Crippen MR) is 47.9 cm³/mol. The van der Waals surface area contributed by atoms with Crippen molar-refractivity contribution in [2.75, 3.05) is 0 Å². The summed E-state index contributed by atoms with van der Waals surface area (Å²) in [7, 11) is 0.202. The van der Waals surface area contributed by atoms with E-state index in [4.69, 9.17) is 0 Å². The Morgan fingerprint density at radius 2 is 1.78 bits per heavy atom. The molecule has 0 fully saturated rings. The fourth-order valence-corrected chi connectivity index (χ4v) is 2.80. The molecule has 0 amide bonds. The first kappa shape index (κ1) is 9.22. The highest BCUT2D eigenvalue weighted by Gasteiger charge is 2.20. The smallest absolute Gasteiger partial charge is 0.0264 e. The van der Waals surface area contributed by atoms with Crippen molar-refractivity contribution in [3.63, 3.8) is 0 Å². The van der Waals surface area contributed by atoms with E-state index in [0.717, 1.165) is 5.92 Å². The topological polar surface area (TPSA) is 0 Å². The summed E-state index contributed by atoms with van der Waals surface area (Å²) in [4.78, 5) is 0. The van der Waals surface area contributed by atoms with Crippen LogP contribution in [0.15, 0.2) is 0 Å². The second kappa shape index (κ2) is 3.40. The molecule has 0 nitrogen and oxygen atoms in total. The van der Waals surface area contributed by atoms with Crippen LogP contribution in [0.2, 0.25) is 11.1 Å². The molecule has 0 aliphatic rings. The van der Waals surface area contributed by atoms with E-state index in [2.05, 4.69) is 34.6 Å². The molecule has 0 saturated heterocycles. The summed E-state index contributed by atoms with van der Waals surface area (Å²) in [5.74, 6) is 0.879. The molecule has 0 aliphatic heterocycles. The SMILES string of the molecule is CC[SiH2]C(C)(C)C(C)C. The molecule has 0 N–H and O–H groups in total. The van der Waals surface area contributed by atoms with Crippen LogP contribution < -0.4 is 0 Å². The van der Waals surface area contributed by atoms with Gasteiger partial charge < -0.3 is 0 Å². The minimum Gasteiger partial charge on any atom is -0.0683 e. The maximum absolute atomic E-state index is 2.41. The van der Waals surface area contributed by atoms with E-state index in [-0.39, 0.29) is 9.52 Å². The average Bonchev–Trinajstić information content (AvgIpc) is 1.65. The lowest BCUT2D eigenvalue weighted by molar-refractivity contribution is 0.473. The zero-order valence-corrected chi connectivity index (χ0v) is 8.91. The molecule has 0 aliphatic carbocycles. The van der Waals surface area contributed by atoms with Crippen LogP contribution in [0.5, 0.6) is 0 Å². The highest BCUT2D eigenvalue weighted by atomic mass is 28.2. The van der Waals surface area contributed by atoms with Crippen molar-refractivity contribution in [2.45, 2.75) is 45.7 Å². The number of hydrogen-bond acceptors (Lipinski definition) is 0. The van der Waals surface area contributed by atoms with E-state index in [9.17, 15) is 0 Å². The fraction of sp³-hybridized carbons (Fsp3) is 1.00. The monoisotopic (exact) mass is 144 g/mol. The number of rotatable bonds is 3. The van der Waals surface area contributed by atoms with E-state index >= 15 is 0 Å². The third-order valence-corrected chi connectivity index (χ3v) is 5.06. The Labute approximate surface area is 61.9 Å². The summed E-state index contributed by atoms with van der Waals surface area (Å²) in [6.07, 6.45) is 0. The number of hydrogen-bond donors (Lipinski definition) is 0. The quantitative estimate of drug-likeness (QED) is 0.534. The summed E-state index contributed by atoms with van der Waals surface area (Å²) in [6.45, 7) is 11.8. The van der Waals surface area contributed by atoms with Crippen LogP contribution in [0.1, 0.15) is 34.6 Å². The van der Waals surface area contributed by atoms with Crippen molar-refractivity contribution in [1.82, 2.24) is 0 Å².